The van der Waals surface area contributed by atoms with Crippen LogP contribution in [0.1, 0.15) is 17.3 Å². The molecule has 20 heavy (non-hydrogen) atoms. The molecule has 5 nitrogen and oxygen atoms in total. The zero-order valence-electron chi connectivity index (χ0n) is 11.9. The van der Waals surface area contributed by atoms with Crippen LogP contribution in [0.4, 0.5) is 0 Å². The summed E-state index contributed by atoms with van der Waals surface area (Å²) in [5, 5.41) is 0. The maximum Gasteiger partial charge on any atom is 0.159 e. The highest BCUT2D eigenvalue weighted by atomic mass is 32.2. The number of benzene rings is 1. The van der Waals surface area contributed by atoms with Gasteiger partial charge in [-0.25, -0.2) is 8.42 Å². The summed E-state index contributed by atoms with van der Waals surface area (Å²) >= 11 is 0. The summed E-state index contributed by atoms with van der Waals surface area (Å²) in [4.78, 5) is 13.2. The summed E-state index contributed by atoms with van der Waals surface area (Å²) in [7, 11) is 0.612. The molecule has 1 aliphatic heterocycles. The molecule has 1 heterocycles. The van der Waals surface area contributed by atoms with E-state index in [0.717, 1.165) is 0 Å². The van der Waals surface area contributed by atoms with Crippen LogP contribution in [0.15, 0.2) is 24.3 Å². The number of nitrogens with zero attached hydrogens (tertiary/aromatic N) is 1. The second-order valence-corrected chi connectivity index (χ2v) is 7.50. The number of rotatable bonds is 4. The number of likely N-dealkylation sites (N-methyl/N-ethyl adjacent to an activating group) is 1. The molecule has 110 valence electrons. The van der Waals surface area contributed by atoms with Crippen LogP contribution in [0, 0.1) is 0 Å². The molecule has 0 aliphatic carbocycles. The van der Waals surface area contributed by atoms with Gasteiger partial charge in [-0.05, 0) is 33.2 Å². The third kappa shape index (κ3) is 3.37. The molecule has 1 aromatic carbocycles. The lowest BCUT2D eigenvalue weighted by Gasteiger charge is -2.25. The first-order valence-corrected chi connectivity index (χ1v) is 8.25. The van der Waals surface area contributed by atoms with Crippen molar-refractivity contribution in [2.24, 2.45) is 0 Å². The first-order chi connectivity index (χ1) is 9.28. The fourth-order valence-corrected chi connectivity index (χ4v) is 4.31. The van der Waals surface area contributed by atoms with E-state index in [4.69, 9.17) is 4.74 Å². The Hall–Kier alpha value is -1.40. The van der Waals surface area contributed by atoms with Gasteiger partial charge >= 0.3 is 0 Å². The number of hydrogen-bond acceptors (Lipinski definition) is 5. The lowest BCUT2D eigenvalue weighted by Crippen LogP contribution is -2.41. The van der Waals surface area contributed by atoms with Crippen molar-refractivity contribution < 1.29 is 17.9 Å². The molecule has 6 heteroatoms. The molecule has 2 rings (SSSR count). The van der Waals surface area contributed by atoms with E-state index >= 15 is 0 Å². The van der Waals surface area contributed by atoms with Crippen LogP contribution < -0.4 is 4.74 Å². The predicted octanol–water partition coefficient (Wildman–Crippen LogP) is 0.995. The number of ether oxygens (including phenoxy) is 1. The van der Waals surface area contributed by atoms with Gasteiger partial charge in [0.05, 0.1) is 17.5 Å². The maximum atomic E-state index is 11.8. The van der Waals surface area contributed by atoms with Gasteiger partial charge < -0.3 is 9.64 Å². The van der Waals surface area contributed by atoms with E-state index in [9.17, 15) is 13.2 Å². The molecule has 1 aliphatic rings. The topological polar surface area (TPSA) is 63.7 Å². The van der Waals surface area contributed by atoms with E-state index in [1.54, 1.807) is 24.3 Å². The van der Waals surface area contributed by atoms with Crippen molar-refractivity contribution in [3.63, 3.8) is 0 Å². The second kappa shape index (κ2) is 5.54. The standard InChI is InChI=1S/C14H19NO4S/c1-10(16)11-5-4-6-12(7-11)19-14-9-20(17,18)8-13(14)15(2)3/h4-7,13-14H,8-9H2,1-3H3. The lowest BCUT2D eigenvalue weighted by atomic mass is 10.1. The summed E-state index contributed by atoms with van der Waals surface area (Å²) in [6.07, 6.45) is -0.405. The number of ketones is 1. The molecule has 1 saturated heterocycles. The monoisotopic (exact) mass is 297 g/mol. The molecule has 0 amide bonds. The highest BCUT2D eigenvalue weighted by Crippen LogP contribution is 2.23. The quantitative estimate of drug-likeness (QED) is 0.776. The Kier molecular flexibility index (Phi) is 4.15. The van der Waals surface area contributed by atoms with Crippen LogP contribution in [-0.4, -0.2) is 56.8 Å². The average Bonchev–Trinajstić information content (AvgIpc) is 2.65. The van der Waals surface area contributed by atoms with Gasteiger partial charge in [-0.15, -0.1) is 0 Å². The van der Waals surface area contributed by atoms with E-state index in [1.807, 2.05) is 19.0 Å². The summed E-state index contributed by atoms with van der Waals surface area (Å²) in [6.45, 7) is 1.49. The van der Waals surface area contributed by atoms with Crippen molar-refractivity contribution in [3.8, 4) is 5.75 Å². The van der Waals surface area contributed by atoms with E-state index in [2.05, 4.69) is 0 Å². The van der Waals surface area contributed by atoms with Crippen molar-refractivity contribution in [1.82, 2.24) is 4.90 Å². The number of carbonyl (C=O) groups excluding carboxylic acids is 1. The van der Waals surface area contributed by atoms with Gasteiger partial charge in [0.2, 0.25) is 0 Å². The third-order valence-electron chi connectivity index (χ3n) is 3.46. The maximum absolute atomic E-state index is 11.8. The van der Waals surface area contributed by atoms with Crippen molar-refractivity contribution in [2.45, 2.75) is 19.1 Å². The van der Waals surface area contributed by atoms with Crippen molar-refractivity contribution in [3.05, 3.63) is 29.8 Å². The van der Waals surface area contributed by atoms with Crippen LogP contribution in [-0.2, 0) is 9.84 Å². The highest BCUT2D eigenvalue weighted by Gasteiger charge is 2.40. The molecule has 1 aromatic rings. The molecular formula is C14H19NO4S. The van der Waals surface area contributed by atoms with E-state index in [0.29, 0.717) is 11.3 Å². The summed E-state index contributed by atoms with van der Waals surface area (Å²) in [6, 6.07) is 6.68. The predicted molar refractivity (Wildman–Crippen MR) is 77.0 cm³/mol. The highest BCUT2D eigenvalue weighted by molar-refractivity contribution is 7.91. The normalized spacial score (nSPS) is 24.8. The zero-order valence-corrected chi connectivity index (χ0v) is 12.7. The SMILES string of the molecule is CC(=O)c1cccc(OC2CS(=O)(=O)CC2N(C)C)c1. The lowest BCUT2D eigenvalue weighted by molar-refractivity contribution is 0.101. The van der Waals surface area contributed by atoms with Gasteiger partial charge in [-0.2, -0.15) is 0 Å². The van der Waals surface area contributed by atoms with Crippen molar-refractivity contribution >= 4 is 15.6 Å². The molecule has 0 saturated carbocycles. The van der Waals surface area contributed by atoms with Crippen LogP contribution in [0.3, 0.4) is 0 Å². The Balaban J connectivity index is 2.20. The van der Waals surface area contributed by atoms with Crippen LogP contribution >= 0.6 is 0 Å². The summed E-state index contributed by atoms with van der Waals surface area (Å²) < 4.78 is 29.3. The number of hydrogen-bond donors (Lipinski definition) is 0. The van der Waals surface area contributed by atoms with Gasteiger partial charge in [-0.1, -0.05) is 12.1 Å². The number of carbonyl (C=O) groups is 1. The first kappa shape index (κ1) is 15.0. The Morgan fingerprint density at radius 3 is 2.60 bits per heavy atom. The second-order valence-electron chi connectivity index (χ2n) is 5.35. The molecule has 0 bridgehead atoms. The molecule has 0 spiro atoms. The largest absolute Gasteiger partial charge is 0.488 e. The Morgan fingerprint density at radius 1 is 1.30 bits per heavy atom. The molecule has 0 aromatic heterocycles. The van der Waals surface area contributed by atoms with Crippen LogP contribution in [0.2, 0.25) is 0 Å². The molecule has 2 atom stereocenters. The molecule has 1 fully saturated rings. The van der Waals surface area contributed by atoms with Gasteiger partial charge in [0.25, 0.3) is 0 Å². The fourth-order valence-electron chi connectivity index (χ4n) is 2.35. The van der Waals surface area contributed by atoms with E-state index < -0.39 is 15.9 Å². The Bertz CT molecular complexity index is 609. The molecule has 2 unspecified atom stereocenters. The Morgan fingerprint density at radius 2 is 2.00 bits per heavy atom. The third-order valence-corrected chi connectivity index (χ3v) is 5.15. The van der Waals surface area contributed by atoms with Crippen LogP contribution in [0.5, 0.6) is 5.75 Å². The van der Waals surface area contributed by atoms with Gasteiger partial charge in [0.15, 0.2) is 15.6 Å². The van der Waals surface area contributed by atoms with Gasteiger partial charge in [0.1, 0.15) is 11.9 Å². The minimum absolute atomic E-state index is 0.0140. The smallest absolute Gasteiger partial charge is 0.159 e. The molecule has 0 radical (unpaired) electrons. The molecule has 0 N–H and O–H groups in total. The zero-order chi connectivity index (χ0) is 14.9. The first-order valence-electron chi connectivity index (χ1n) is 6.43. The van der Waals surface area contributed by atoms with Crippen LogP contribution in [0.25, 0.3) is 0 Å². The fraction of sp³-hybridized carbons (Fsp3) is 0.500. The van der Waals surface area contributed by atoms with Gasteiger partial charge in [0, 0.05) is 5.56 Å². The van der Waals surface area contributed by atoms with Crippen molar-refractivity contribution in [1.29, 1.82) is 0 Å². The van der Waals surface area contributed by atoms with E-state index in [-0.39, 0.29) is 23.3 Å². The summed E-state index contributed by atoms with van der Waals surface area (Å²) in [5.74, 6) is 0.613. The van der Waals surface area contributed by atoms with E-state index in [1.165, 1.54) is 6.92 Å². The van der Waals surface area contributed by atoms with Crippen molar-refractivity contribution in [2.75, 3.05) is 25.6 Å². The minimum Gasteiger partial charge on any atom is -0.488 e. The Labute approximate surface area is 119 Å². The summed E-state index contributed by atoms with van der Waals surface area (Å²) in [5.41, 5.74) is 0.560. The number of Topliss-reactive ketones (excluding diaryl/α,β-unsaturated/α-hetero) is 1. The average molecular weight is 297 g/mol. The minimum atomic E-state index is -3.07. The molecular weight excluding hydrogens is 278 g/mol. The number of sulfone groups is 1. The van der Waals surface area contributed by atoms with Gasteiger partial charge in [-0.3, -0.25) is 4.79 Å².